The largest absolute Gasteiger partial charge is 0.463 e. The minimum atomic E-state index is -0.886. The first kappa shape index (κ1) is 12.3. The lowest BCUT2D eigenvalue weighted by Crippen LogP contribution is -1.99. The van der Waals surface area contributed by atoms with Crippen LogP contribution in [0.2, 0.25) is 0 Å². The highest BCUT2D eigenvalue weighted by atomic mass is 79.9. The van der Waals surface area contributed by atoms with Gasteiger partial charge in [0.25, 0.3) is 0 Å². The van der Waals surface area contributed by atoms with Gasteiger partial charge in [0.2, 0.25) is 5.76 Å². The van der Waals surface area contributed by atoms with E-state index in [0.29, 0.717) is 5.76 Å². The molecule has 2 heterocycles. The maximum Gasteiger partial charge on any atom is 0.373 e. The topological polar surface area (TPSA) is 59.7 Å². The van der Waals surface area contributed by atoms with Crippen LogP contribution in [-0.4, -0.2) is 18.2 Å². The van der Waals surface area contributed by atoms with Crippen LogP contribution in [0.5, 0.6) is 0 Å². The molecule has 0 spiro atoms. The van der Waals surface area contributed by atoms with Gasteiger partial charge >= 0.3 is 5.97 Å². The normalized spacial score (nSPS) is 12.4. The van der Waals surface area contributed by atoms with Crippen LogP contribution in [0.15, 0.2) is 32.5 Å². The Labute approximate surface area is 110 Å². The summed E-state index contributed by atoms with van der Waals surface area (Å²) in [6.45, 7) is 0. The molecule has 0 saturated carbocycles. The Bertz CT molecular complexity index is 531. The molecule has 0 amide bonds. The number of methoxy groups -OCH3 is 1. The zero-order chi connectivity index (χ0) is 12.4. The van der Waals surface area contributed by atoms with Crippen molar-refractivity contribution in [1.82, 2.24) is 0 Å². The molecule has 2 aromatic rings. The Morgan fingerprint density at radius 2 is 2.29 bits per heavy atom. The SMILES string of the molecule is COC(=O)c1ccc(C(O)c2sccc2Br)o1. The molecule has 1 unspecified atom stereocenters. The molecule has 6 heteroatoms. The second kappa shape index (κ2) is 5.03. The summed E-state index contributed by atoms with van der Waals surface area (Å²) in [4.78, 5) is 11.9. The van der Waals surface area contributed by atoms with E-state index in [-0.39, 0.29) is 5.76 Å². The summed E-state index contributed by atoms with van der Waals surface area (Å²) in [5, 5.41) is 11.9. The van der Waals surface area contributed by atoms with Gasteiger partial charge in [-0.1, -0.05) is 0 Å². The molecule has 0 aliphatic heterocycles. The highest BCUT2D eigenvalue weighted by molar-refractivity contribution is 9.10. The molecule has 1 atom stereocenters. The van der Waals surface area contributed by atoms with E-state index < -0.39 is 12.1 Å². The van der Waals surface area contributed by atoms with E-state index in [1.807, 2.05) is 11.4 Å². The van der Waals surface area contributed by atoms with Crippen LogP contribution >= 0.6 is 27.3 Å². The predicted octanol–water partition coefficient (Wildman–Crippen LogP) is 2.97. The third kappa shape index (κ3) is 2.43. The van der Waals surface area contributed by atoms with E-state index in [1.165, 1.54) is 24.5 Å². The summed E-state index contributed by atoms with van der Waals surface area (Å²) in [5.74, 6) is -0.170. The van der Waals surface area contributed by atoms with Crippen molar-refractivity contribution in [3.05, 3.63) is 44.4 Å². The van der Waals surface area contributed by atoms with Crippen molar-refractivity contribution in [2.24, 2.45) is 0 Å². The van der Waals surface area contributed by atoms with Crippen molar-refractivity contribution >= 4 is 33.2 Å². The quantitative estimate of drug-likeness (QED) is 0.884. The van der Waals surface area contributed by atoms with Crippen LogP contribution in [0.1, 0.15) is 27.3 Å². The number of aliphatic hydroxyl groups excluding tert-OH is 1. The number of rotatable bonds is 3. The Kier molecular flexibility index (Phi) is 3.66. The molecule has 1 N–H and O–H groups in total. The van der Waals surface area contributed by atoms with Gasteiger partial charge in [0.15, 0.2) is 0 Å². The number of halogens is 1. The number of carbonyl (C=O) groups excluding carboxylic acids is 1. The van der Waals surface area contributed by atoms with E-state index >= 15 is 0 Å². The summed E-state index contributed by atoms with van der Waals surface area (Å²) < 4.78 is 10.6. The third-order valence-electron chi connectivity index (χ3n) is 2.18. The highest BCUT2D eigenvalue weighted by Crippen LogP contribution is 2.33. The van der Waals surface area contributed by atoms with Crippen LogP contribution in [0.3, 0.4) is 0 Å². The second-order valence-corrected chi connectivity index (χ2v) is 5.03. The standard InChI is InChI=1S/C11H9BrO4S/c1-15-11(14)8-3-2-7(16-8)9(13)10-6(12)4-5-17-10/h2-5,9,13H,1H3. The Morgan fingerprint density at radius 1 is 1.53 bits per heavy atom. The fourth-order valence-corrected chi connectivity index (χ4v) is 2.92. The maximum absolute atomic E-state index is 11.2. The van der Waals surface area contributed by atoms with E-state index in [1.54, 1.807) is 6.07 Å². The summed E-state index contributed by atoms with van der Waals surface area (Å²) in [7, 11) is 1.27. The van der Waals surface area contributed by atoms with E-state index in [0.717, 1.165) is 9.35 Å². The highest BCUT2D eigenvalue weighted by Gasteiger charge is 2.20. The first-order valence-electron chi connectivity index (χ1n) is 4.72. The lowest BCUT2D eigenvalue weighted by Gasteiger charge is -2.05. The zero-order valence-corrected chi connectivity index (χ0v) is 11.2. The number of ether oxygens (including phenoxy) is 1. The van der Waals surface area contributed by atoms with Crippen molar-refractivity contribution in [3.8, 4) is 0 Å². The number of hydrogen-bond donors (Lipinski definition) is 1. The Balaban J connectivity index is 2.26. The van der Waals surface area contributed by atoms with E-state index in [2.05, 4.69) is 20.7 Å². The monoisotopic (exact) mass is 316 g/mol. The van der Waals surface area contributed by atoms with Gasteiger partial charge in [-0.2, -0.15) is 0 Å². The van der Waals surface area contributed by atoms with Crippen molar-refractivity contribution in [2.75, 3.05) is 7.11 Å². The molecule has 17 heavy (non-hydrogen) atoms. The van der Waals surface area contributed by atoms with Gasteiger partial charge < -0.3 is 14.3 Å². The second-order valence-electron chi connectivity index (χ2n) is 3.23. The molecule has 0 bridgehead atoms. The van der Waals surface area contributed by atoms with Crippen LogP contribution in [-0.2, 0) is 4.74 Å². The molecule has 0 aliphatic rings. The molecule has 90 valence electrons. The molecule has 4 nitrogen and oxygen atoms in total. The lowest BCUT2D eigenvalue weighted by atomic mass is 10.2. The van der Waals surface area contributed by atoms with Crippen LogP contribution < -0.4 is 0 Å². The summed E-state index contributed by atoms with van der Waals surface area (Å²) >= 11 is 4.73. The minimum absolute atomic E-state index is 0.0780. The van der Waals surface area contributed by atoms with Crippen LogP contribution in [0, 0.1) is 0 Å². The van der Waals surface area contributed by atoms with Crippen molar-refractivity contribution < 1.29 is 19.1 Å². The molecule has 2 rings (SSSR count). The Hall–Kier alpha value is -1.11. The van der Waals surface area contributed by atoms with E-state index in [4.69, 9.17) is 4.42 Å². The van der Waals surface area contributed by atoms with Crippen molar-refractivity contribution in [1.29, 1.82) is 0 Å². The summed E-state index contributed by atoms with van der Waals surface area (Å²) in [5.41, 5.74) is 0. The van der Waals surface area contributed by atoms with Crippen molar-refractivity contribution in [3.63, 3.8) is 0 Å². The number of thiophene rings is 1. The maximum atomic E-state index is 11.2. The fourth-order valence-electron chi connectivity index (χ4n) is 1.34. The predicted molar refractivity (Wildman–Crippen MR) is 66.1 cm³/mol. The first-order valence-corrected chi connectivity index (χ1v) is 6.39. The Morgan fingerprint density at radius 3 is 2.88 bits per heavy atom. The molecule has 0 aliphatic carbocycles. The smallest absolute Gasteiger partial charge is 0.373 e. The van der Waals surface area contributed by atoms with Gasteiger partial charge in [-0.15, -0.1) is 11.3 Å². The van der Waals surface area contributed by atoms with Crippen LogP contribution in [0.4, 0.5) is 0 Å². The van der Waals surface area contributed by atoms with Gasteiger partial charge in [0.05, 0.1) is 12.0 Å². The molecular weight excluding hydrogens is 308 g/mol. The fraction of sp³-hybridized carbons (Fsp3) is 0.182. The number of aliphatic hydroxyl groups is 1. The van der Waals surface area contributed by atoms with E-state index in [9.17, 15) is 9.90 Å². The van der Waals surface area contributed by atoms with Gasteiger partial charge in [0.1, 0.15) is 11.9 Å². The summed E-state index contributed by atoms with van der Waals surface area (Å²) in [6.07, 6.45) is -0.886. The summed E-state index contributed by atoms with van der Waals surface area (Å²) in [6, 6.07) is 4.88. The van der Waals surface area contributed by atoms with Gasteiger partial charge in [-0.25, -0.2) is 4.79 Å². The number of hydrogen-bond acceptors (Lipinski definition) is 5. The molecule has 0 fully saturated rings. The lowest BCUT2D eigenvalue weighted by molar-refractivity contribution is 0.0558. The number of esters is 1. The average molecular weight is 317 g/mol. The molecule has 0 aromatic carbocycles. The van der Waals surface area contributed by atoms with Crippen LogP contribution in [0.25, 0.3) is 0 Å². The number of carbonyl (C=O) groups is 1. The molecular formula is C11H9BrO4S. The minimum Gasteiger partial charge on any atom is -0.463 e. The molecule has 2 aromatic heterocycles. The molecule has 0 radical (unpaired) electrons. The van der Waals surface area contributed by atoms with Gasteiger partial charge in [0, 0.05) is 4.47 Å². The van der Waals surface area contributed by atoms with Gasteiger partial charge in [-0.05, 0) is 39.5 Å². The first-order chi connectivity index (χ1) is 8.13. The number of furan rings is 1. The average Bonchev–Trinajstić information content (AvgIpc) is 2.95. The zero-order valence-electron chi connectivity index (χ0n) is 8.84. The van der Waals surface area contributed by atoms with Crippen molar-refractivity contribution in [2.45, 2.75) is 6.10 Å². The third-order valence-corrected chi connectivity index (χ3v) is 4.10. The molecule has 0 saturated heterocycles. The van der Waals surface area contributed by atoms with Gasteiger partial charge in [-0.3, -0.25) is 0 Å².